The number of rotatable bonds is 8. The Morgan fingerprint density at radius 2 is 1.52 bits per heavy atom. The van der Waals surface area contributed by atoms with Crippen LogP contribution in [0.4, 0.5) is 5.69 Å². The Hall–Kier alpha value is -2.59. The van der Waals surface area contributed by atoms with Crippen molar-refractivity contribution in [1.82, 2.24) is 4.72 Å². The summed E-state index contributed by atoms with van der Waals surface area (Å²) in [6.45, 7) is 0.101. The Kier molecular flexibility index (Phi) is 6.90. The molecule has 0 saturated heterocycles. The standard InChI is InChI=1S/C21H21ClN2O5S2/c1-24(31(27,28)18-10-8-17(22)9-11-18)20-14-19(12-13-21(20)29-2)30(25,26)23-15-16-6-4-3-5-7-16/h3-14,23H,15H2,1-2H3. The molecule has 0 aliphatic heterocycles. The van der Waals surface area contributed by atoms with Crippen LogP contribution >= 0.6 is 11.6 Å². The summed E-state index contributed by atoms with van der Waals surface area (Å²) in [5, 5.41) is 0.400. The first-order valence-electron chi connectivity index (χ1n) is 9.11. The molecular weight excluding hydrogens is 460 g/mol. The van der Waals surface area contributed by atoms with Gasteiger partial charge in [-0.1, -0.05) is 41.9 Å². The topological polar surface area (TPSA) is 92.8 Å². The highest BCUT2D eigenvalue weighted by molar-refractivity contribution is 7.92. The number of hydrogen-bond donors (Lipinski definition) is 1. The monoisotopic (exact) mass is 480 g/mol. The van der Waals surface area contributed by atoms with Crippen LogP contribution in [0.5, 0.6) is 5.75 Å². The van der Waals surface area contributed by atoms with Crippen LogP contribution in [0.25, 0.3) is 0 Å². The van der Waals surface area contributed by atoms with Crippen molar-refractivity contribution in [2.24, 2.45) is 0 Å². The molecule has 0 saturated carbocycles. The van der Waals surface area contributed by atoms with E-state index < -0.39 is 20.0 Å². The van der Waals surface area contributed by atoms with Crippen molar-refractivity contribution in [1.29, 1.82) is 0 Å². The van der Waals surface area contributed by atoms with Gasteiger partial charge in [-0.3, -0.25) is 4.31 Å². The summed E-state index contributed by atoms with van der Waals surface area (Å²) < 4.78 is 60.5. The molecule has 0 amide bonds. The number of halogens is 1. The fourth-order valence-corrected chi connectivity index (χ4v) is 5.20. The molecule has 0 fully saturated rings. The van der Waals surface area contributed by atoms with Gasteiger partial charge in [0, 0.05) is 18.6 Å². The minimum Gasteiger partial charge on any atom is -0.495 e. The van der Waals surface area contributed by atoms with Crippen LogP contribution in [0.2, 0.25) is 5.02 Å². The van der Waals surface area contributed by atoms with Crippen molar-refractivity contribution in [2.45, 2.75) is 16.3 Å². The molecule has 164 valence electrons. The van der Waals surface area contributed by atoms with Crippen molar-refractivity contribution in [2.75, 3.05) is 18.5 Å². The van der Waals surface area contributed by atoms with Gasteiger partial charge in [0.2, 0.25) is 10.0 Å². The van der Waals surface area contributed by atoms with E-state index in [-0.39, 0.29) is 27.8 Å². The number of hydrogen-bond acceptors (Lipinski definition) is 5. The summed E-state index contributed by atoms with van der Waals surface area (Å²) in [5.74, 6) is 0.210. The zero-order valence-electron chi connectivity index (χ0n) is 16.8. The first-order chi connectivity index (χ1) is 14.6. The van der Waals surface area contributed by atoms with Crippen molar-refractivity contribution >= 4 is 37.3 Å². The van der Waals surface area contributed by atoms with Gasteiger partial charge >= 0.3 is 0 Å². The number of ether oxygens (including phenoxy) is 1. The van der Waals surface area contributed by atoms with E-state index in [1.165, 1.54) is 56.6 Å². The fraction of sp³-hybridized carbons (Fsp3) is 0.143. The minimum absolute atomic E-state index is 0.0110. The van der Waals surface area contributed by atoms with E-state index in [0.29, 0.717) is 5.02 Å². The van der Waals surface area contributed by atoms with Gasteiger partial charge in [-0.2, -0.15) is 0 Å². The maximum absolute atomic E-state index is 13.0. The van der Waals surface area contributed by atoms with Crippen LogP contribution in [0, 0.1) is 0 Å². The van der Waals surface area contributed by atoms with Crippen molar-refractivity contribution in [3.8, 4) is 5.75 Å². The smallest absolute Gasteiger partial charge is 0.264 e. The van der Waals surface area contributed by atoms with Gasteiger partial charge in [-0.25, -0.2) is 21.6 Å². The van der Waals surface area contributed by atoms with Crippen LogP contribution in [-0.4, -0.2) is 31.0 Å². The molecule has 3 aromatic rings. The summed E-state index contributed by atoms with van der Waals surface area (Å²) in [7, 11) is -5.17. The third-order valence-corrected chi connectivity index (χ3v) is 8.02. The predicted octanol–water partition coefficient (Wildman–Crippen LogP) is 3.65. The molecule has 10 heteroatoms. The number of methoxy groups -OCH3 is 1. The maximum atomic E-state index is 13.0. The molecule has 0 radical (unpaired) electrons. The van der Waals surface area contributed by atoms with E-state index in [9.17, 15) is 16.8 Å². The van der Waals surface area contributed by atoms with Crippen LogP contribution in [-0.2, 0) is 26.6 Å². The average molecular weight is 481 g/mol. The van der Waals surface area contributed by atoms with Gasteiger partial charge in [0.15, 0.2) is 0 Å². The first-order valence-corrected chi connectivity index (χ1v) is 12.4. The van der Waals surface area contributed by atoms with E-state index in [4.69, 9.17) is 16.3 Å². The third kappa shape index (κ3) is 5.19. The minimum atomic E-state index is -3.98. The normalized spacial score (nSPS) is 11.8. The summed E-state index contributed by atoms with van der Waals surface area (Å²) in [5.41, 5.74) is 0.877. The second kappa shape index (κ2) is 9.27. The zero-order chi connectivity index (χ0) is 22.6. The highest BCUT2D eigenvalue weighted by Crippen LogP contribution is 2.33. The number of anilines is 1. The Labute approximate surface area is 187 Å². The summed E-state index contributed by atoms with van der Waals surface area (Å²) in [6.07, 6.45) is 0. The molecule has 31 heavy (non-hydrogen) atoms. The molecule has 0 bridgehead atoms. The highest BCUT2D eigenvalue weighted by Gasteiger charge is 2.26. The molecule has 0 unspecified atom stereocenters. The van der Waals surface area contributed by atoms with Gasteiger partial charge in [-0.15, -0.1) is 0 Å². The maximum Gasteiger partial charge on any atom is 0.264 e. The predicted molar refractivity (Wildman–Crippen MR) is 121 cm³/mol. The molecule has 7 nitrogen and oxygen atoms in total. The Balaban J connectivity index is 1.95. The van der Waals surface area contributed by atoms with E-state index in [1.54, 1.807) is 12.1 Å². The molecule has 0 aromatic heterocycles. The summed E-state index contributed by atoms with van der Waals surface area (Å²) >= 11 is 5.85. The van der Waals surface area contributed by atoms with Crippen molar-refractivity contribution < 1.29 is 21.6 Å². The van der Waals surface area contributed by atoms with Crippen LogP contribution in [0.15, 0.2) is 82.6 Å². The largest absolute Gasteiger partial charge is 0.495 e. The Morgan fingerprint density at radius 1 is 0.903 bits per heavy atom. The Bertz CT molecular complexity index is 1260. The van der Waals surface area contributed by atoms with E-state index in [1.807, 2.05) is 18.2 Å². The second-order valence-electron chi connectivity index (χ2n) is 6.57. The number of sulfonamides is 2. The van der Waals surface area contributed by atoms with Crippen molar-refractivity contribution in [3.63, 3.8) is 0 Å². The van der Waals surface area contributed by atoms with E-state index in [2.05, 4.69) is 4.72 Å². The molecule has 3 aromatic carbocycles. The molecule has 3 rings (SSSR count). The molecule has 0 aliphatic carbocycles. The molecule has 0 spiro atoms. The van der Waals surface area contributed by atoms with Gasteiger partial charge in [-0.05, 0) is 48.0 Å². The van der Waals surface area contributed by atoms with Gasteiger partial charge < -0.3 is 4.74 Å². The molecule has 1 N–H and O–H groups in total. The van der Waals surface area contributed by atoms with Gasteiger partial charge in [0.25, 0.3) is 10.0 Å². The summed E-state index contributed by atoms with van der Waals surface area (Å²) in [4.78, 5) is -0.0747. The van der Waals surface area contributed by atoms with Gasteiger partial charge in [0.05, 0.1) is 22.6 Å². The molecule has 0 heterocycles. The van der Waals surface area contributed by atoms with Crippen LogP contribution in [0.1, 0.15) is 5.56 Å². The molecule has 0 aliphatic rings. The zero-order valence-corrected chi connectivity index (χ0v) is 19.2. The summed E-state index contributed by atoms with van der Waals surface area (Å²) in [6, 6.07) is 18.8. The lowest BCUT2D eigenvalue weighted by Crippen LogP contribution is -2.28. The average Bonchev–Trinajstić information content (AvgIpc) is 2.77. The van der Waals surface area contributed by atoms with Crippen molar-refractivity contribution in [3.05, 3.63) is 83.4 Å². The lowest BCUT2D eigenvalue weighted by molar-refractivity contribution is 0.415. The first kappa shape index (κ1) is 23.1. The number of benzene rings is 3. The lowest BCUT2D eigenvalue weighted by atomic mass is 10.2. The highest BCUT2D eigenvalue weighted by atomic mass is 35.5. The number of nitrogens with one attached hydrogen (secondary N) is 1. The Morgan fingerprint density at radius 3 is 2.13 bits per heavy atom. The molecule has 0 atom stereocenters. The van der Waals surface area contributed by atoms with Crippen LogP contribution < -0.4 is 13.8 Å². The quantitative estimate of drug-likeness (QED) is 0.531. The number of nitrogens with zero attached hydrogens (tertiary/aromatic N) is 1. The fourth-order valence-electron chi connectivity index (χ4n) is 2.83. The molecular formula is C21H21ClN2O5S2. The lowest BCUT2D eigenvalue weighted by Gasteiger charge is -2.22. The van der Waals surface area contributed by atoms with Gasteiger partial charge in [0.1, 0.15) is 5.75 Å². The third-order valence-electron chi connectivity index (χ3n) is 4.58. The van der Waals surface area contributed by atoms with E-state index in [0.717, 1.165) is 9.87 Å². The second-order valence-corrected chi connectivity index (χ2v) is 10.7. The SMILES string of the molecule is COc1ccc(S(=O)(=O)NCc2ccccc2)cc1N(C)S(=O)(=O)c1ccc(Cl)cc1. The van der Waals surface area contributed by atoms with E-state index >= 15 is 0 Å². The van der Waals surface area contributed by atoms with Crippen LogP contribution in [0.3, 0.4) is 0 Å².